The Labute approximate surface area is 211 Å². The first-order valence-corrected chi connectivity index (χ1v) is 12.5. The van der Waals surface area contributed by atoms with Gasteiger partial charge in [0.25, 0.3) is 0 Å². The van der Waals surface area contributed by atoms with Crippen LogP contribution in [0.1, 0.15) is 37.5 Å². The van der Waals surface area contributed by atoms with E-state index in [0.29, 0.717) is 5.39 Å². The fourth-order valence-electron chi connectivity index (χ4n) is 6.53. The van der Waals surface area contributed by atoms with Gasteiger partial charge >= 0.3 is 6.18 Å². The smallest absolute Gasteiger partial charge is 0.307 e. The standard InChI is InChI=1S/C32H26F3N2/c1-17-20-8-6-7-9-21(20)27(31(2,3)4)30-25(17)29-26-18(14-15-36(29)5)10-12-22-23-16-19(32(33,34)35)11-13-24(23)37(30)28(22)26/h6-16H,1-5H3/q+1. The molecule has 0 saturated heterocycles. The van der Waals surface area contributed by atoms with E-state index in [1.807, 2.05) is 12.1 Å². The number of pyridine rings is 2. The first-order valence-electron chi connectivity index (χ1n) is 12.5. The Morgan fingerprint density at radius 1 is 0.757 bits per heavy atom. The van der Waals surface area contributed by atoms with Crippen molar-refractivity contribution in [3.63, 3.8) is 0 Å². The van der Waals surface area contributed by atoms with Crippen molar-refractivity contribution >= 4 is 59.8 Å². The number of nitrogens with zero attached hydrogens (tertiary/aromatic N) is 2. The largest absolute Gasteiger partial charge is 0.416 e. The molecule has 0 bridgehead atoms. The quantitative estimate of drug-likeness (QED) is 0.113. The normalized spacial score (nSPS) is 13.4. The Balaban J connectivity index is 1.93. The van der Waals surface area contributed by atoms with E-state index in [1.54, 1.807) is 6.07 Å². The van der Waals surface area contributed by atoms with Crippen LogP contribution < -0.4 is 4.57 Å². The first kappa shape index (κ1) is 22.3. The highest BCUT2D eigenvalue weighted by Gasteiger charge is 2.33. The summed E-state index contributed by atoms with van der Waals surface area (Å²) < 4.78 is 45.8. The molecule has 2 nitrogen and oxygen atoms in total. The van der Waals surface area contributed by atoms with Gasteiger partial charge in [0.15, 0.2) is 6.20 Å². The number of hydrogen-bond acceptors (Lipinski definition) is 0. The zero-order valence-corrected chi connectivity index (χ0v) is 21.4. The van der Waals surface area contributed by atoms with E-state index < -0.39 is 11.7 Å². The molecule has 0 aliphatic carbocycles. The lowest BCUT2D eigenvalue weighted by atomic mass is 9.80. The molecular formula is C32H26F3N2+. The molecule has 0 unspecified atom stereocenters. The van der Waals surface area contributed by atoms with Crippen LogP contribution in [-0.4, -0.2) is 4.40 Å². The second-order valence-electron chi connectivity index (χ2n) is 11.3. The zero-order chi connectivity index (χ0) is 26.0. The molecule has 0 atom stereocenters. The summed E-state index contributed by atoms with van der Waals surface area (Å²) >= 11 is 0. The predicted octanol–water partition coefficient (Wildman–Crippen LogP) is 8.59. The highest BCUT2D eigenvalue weighted by molar-refractivity contribution is 6.29. The van der Waals surface area contributed by atoms with Gasteiger partial charge in [-0.15, -0.1) is 0 Å². The Hall–Kier alpha value is -3.86. The van der Waals surface area contributed by atoms with Crippen molar-refractivity contribution in [1.82, 2.24) is 4.40 Å². The van der Waals surface area contributed by atoms with Crippen molar-refractivity contribution < 1.29 is 17.7 Å². The maximum absolute atomic E-state index is 13.8. The van der Waals surface area contributed by atoms with Crippen molar-refractivity contribution in [2.75, 3.05) is 0 Å². The number of alkyl halides is 3. The molecule has 0 amide bonds. The molecule has 3 aromatic heterocycles. The lowest BCUT2D eigenvalue weighted by Gasteiger charge is -2.26. The van der Waals surface area contributed by atoms with Crippen molar-refractivity contribution in [2.24, 2.45) is 7.05 Å². The lowest BCUT2D eigenvalue weighted by molar-refractivity contribution is -0.643. The average Bonchev–Trinajstić information content (AvgIpc) is 3.17. The molecule has 0 spiro atoms. The van der Waals surface area contributed by atoms with E-state index in [2.05, 4.69) is 80.2 Å². The van der Waals surface area contributed by atoms with Crippen LogP contribution in [0.3, 0.4) is 0 Å². The third-order valence-electron chi connectivity index (χ3n) is 8.02. The maximum atomic E-state index is 13.8. The fraction of sp³-hybridized carbons (Fsp3) is 0.219. The zero-order valence-electron chi connectivity index (χ0n) is 21.4. The summed E-state index contributed by atoms with van der Waals surface area (Å²) in [5.41, 5.74) is 5.50. The summed E-state index contributed by atoms with van der Waals surface area (Å²) in [5.74, 6) is 0. The van der Waals surface area contributed by atoms with Crippen LogP contribution in [0, 0.1) is 6.92 Å². The van der Waals surface area contributed by atoms with Crippen LogP contribution >= 0.6 is 0 Å². The topological polar surface area (TPSA) is 8.29 Å². The van der Waals surface area contributed by atoms with Gasteiger partial charge in [0.1, 0.15) is 7.05 Å². The average molecular weight is 496 g/mol. The van der Waals surface area contributed by atoms with Gasteiger partial charge in [-0.05, 0) is 57.8 Å². The number of aryl methyl sites for hydroxylation is 2. The number of rotatable bonds is 0. The monoisotopic (exact) mass is 495 g/mol. The second-order valence-corrected chi connectivity index (χ2v) is 11.3. The second kappa shape index (κ2) is 6.91. The molecule has 0 aliphatic rings. The third-order valence-corrected chi connectivity index (χ3v) is 8.02. The number of benzene rings is 4. The minimum Gasteiger partial charge on any atom is -0.307 e. The van der Waals surface area contributed by atoms with Gasteiger partial charge in [0.2, 0.25) is 5.52 Å². The van der Waals surface area contributed by atoms with Crippen LogP contribution in [0.2, 0.25) is 0 Å². The molecule has 4 aromatic carbocycles. The van der Waals surface area contributed by atoms with Gasteiger partial charge in [0.05, 0.1) is 32.9 Å². The summed E-state index contributed by atoms with van der Waals surface area (Å²) in [5, 5.41) is 7.17. The number of hydrogen-bond donors (Lipinski definition) is 0. The number of aromatic nitrogens is 2. The van der Waals surface area contributed by atoms with Gasteiger partial charge < -0.3 is 4.40 Å². The molecule has 0 aliphatic heterocycles. The molecule has 7 rings (SSSR count). The minimum absolute atomic E-state index is 0.217. The summed E-state index contributed by atoms with van der Waals surface area (Å²) in [6, 6.07) is 18.8. The van der Waals surface area contributed by atoms with Crippen LogP contribution in [-0.2, 0) is 18.6 Å². The van der Waals surface area contributed by atoms with Crippen molar-refractivity contribution in [2.45, 2.75) is 39.3 Å². The van der Waals surface area contributed by atoms with Gasteiger partial charge in [-0.2, -0.15) is 13.2 Å². The lowest BCUT2D eigenvalue weighted by Crippen LogP contribution is -2.29. The van der Waals surface area contributed by atoms with E-state index in [4.69, 9.17) is 0 Å². The molecule has 0 saturated carbocycles. The Kier molecular flexibility index (Phi) is 4.18. The minimum atomic E-state index is -4.40. The van der Waals surface area contributed by atoms with Crippen molar-refractivity contribution in [1.29, 1.82) is 0 Å². The van der Waals surface area contributed by atoms with Crippen LogP contribution in [0.15, 0.2) is 66.9 Å². The molecule has 5 heteroatoms. The maximum Gasteiger partial charge on any atom is 0.416 e. The summed E-state index contributed by atoms with van der Waals surface area (Å²) in [7, 11) is 2.06. The molecule has 184 valence electrons. The Morgan fingerprint density at radius 2 is 1.49 bits per heavy atom. The summed E-state index contributed by atoms with van der Waals surface area (Å²) in [6.45, 7) is 8.83. The van der Waals surface area contributed by atoms with E-state index in [9.17, 15) is 13.2 Å². The van der Waals surface area contributed by atoms with Gasteiger partial charge in [-0.25, -0.2) is 4.57 Å². The highest BCUT2D eigenvalue weighted by atomic mass is 19.4. The van der Waals surface area contributed by atoms with Crippen LogP contribution in [0.25, 0.3) is 59.8 Å². The highest BCUT2D eigenvalue weighted by Crippen LogP contribution is 2.47. The van der Waals surface area contributed by atoms with Gasteiger partial charge in [0, 0.05) is 16.8 Å². The van der Waals surface area contributed by atoms with E-state index in [0.717, 1.165) is 43.6 Å². The van der Waals surface area contributed by atoms with Gasteiger partial charge in [-0.1, -0.05) is 57.2 Å². The molecule has 0 N–H and O–H groups in total. The van der Waals surface area contributed by atoms with Gasteiger partial charge in [-0.3, -0.25) is 0 Å². The number of fused-ring (bicyclic) bond motifs is 7. The molecule has 37 heavy (non-hydrogen) atoms. The summed E-state index contributed by atoms with van der Waals surface area (Å²) in [4.78, 5) is 0. The molecule has 0 radical (unpaired) electrons. The van der Waals surface area contributed by atoms with E-state index in [-0.39, 0.29) is 5.41 Å². The van der Waals surface area contributed by atoms with Crippen LogP contribution in [0.5, 0.6) is 0 Å². The summed E-state index contributed by atoms with van der Waals surface area (Å²) in [6.07, 6.45) is -2.32. The van der Waals surface area contributed by atoms with Crippen molar-refractivity contribution in [3.8, 4) is 0 Å². The van der Waals surface area contributed by atoms with Crippen molar-refractivity contribution in [3.05, 3.63) is 83.6 Å². The van der Waals surface area contributed by atoms with Crippen LogP contribution in [0.4, 0.5) is 13.2 Å². The molecule has 7 aromatic rings. The van der Waals surface area contributed by atoms with E-state index in [1.165, 1.54) is 34.0 Å². The molecule has 3 heterocycles. The first-order chi connectivity index (χ1) is 17.5. The molecular weight excluding hydrogens is 469 g/mol. The Morgan fingerprint density at radius 3 is 2.19 bits per heavy atom. The third kappa shape index (κ3) is 2.80. The SMILES string of the molecule is Cc1c2ccccc2c(C(C)(C)C)c2c1c1c3c(ccc4c5cc(C(F)(F)F)ccc5n2c43)cc[n+]1C. The van der Waals surface area contributed by atoms with E-state index >= 15 is 0 Å². The number of halogens is 3. The fourth-order valence-corrected chi connectivity index (χ4v) is 6.53. The Bertz CT molecular complexity index is 2070. The predicted molar refractivity (Wildman–Crippen MR) is 146 cm³/mol. The molecule has 0 fully saturated rings.